The van der Waals surface area contributed by atoms with E-state index in [9.17, 15) is 13.2 Å². The Balaban J connectivity index is 1.53. The van der Waals surface area contributed by atoms with E-state index in [1.807, 2.05) is 13.0 Å². The molecular formula is C22H13F3N6O. The van der Waals surface area contributed by atoms with Gasteiger partial charge in [-0.2, -0.15) is 18.3 Å². The fourth-order valence-corrected chi connectivity index (χ4v) is 3.23. The van der Waals surface area contributed by atoms with Crippen molar-refractivity contribution in [2.75, 3.05) is 5.32 Å². The maximum Gasteiger partial charge on any atom is 0.416 e. The van der Waals surface area contributed by atoms with E-state index < -0.39 is 11.7 Å². The molecule has 0 spiro atoms. The van der Waals surface area contributed by atoms with E-state index in [1.54, 1.807) is 12.3 Å². The Morgan fingerprint density at radius 1 is 1.12 bits per heavy atom. The van der Waals surface area contributed by atoms with E-state index in [0.717, 1.165) is 17.7 Å². The van der Waals surface area contributed by atoms with Gasteiger partial charge in [0.15, 0.2) is 17.0 Å². The van der Waals surface area contributed by atoms with Crippen LogP contribution in [0.1, 0.15) is 22.3 Å². The van der Waals surface area contributed by atoms with Crippen LogP contribution in [0.4, 0.5) is 24.7 Å². The van der Waals surface area contributed by atoms with Gasteiger partial charge in [-0.15, -0.1) is 0 Å². The summed E-state index contributed by atoms with van der Waals surface area (Å²) in [7, 11) is 0. The highest BCUT2D eigenvalue weighted by molar-refractivity contribution is 5.94. The molecule has 0 aliphatic heterocycles. The van der Waals surface area contributed by atoms with Crippen LogP contribution in [0.2, 0.25) is 0 Å². The van der Waals surface area contributed by atoms with E-state index >= 15 is 0 Å². The van der Waals surface area contributed by atoms with Crippen molar-refractivity contribution in [2.24, 2.45) is 0 Å². The van der Waals surface area contributed by atoms with E-state index in [2.05, 4.69) is 37.4 Å². The molecule has 7 nitrogen and oxygen atoms in total. The van der Waals surface area contributed by atoms with E-state index in [4.69, 9.17) is 4.52 Å². The van der Waals surface area contributed by atoms with Crippen LogP contribution in [0.15, 0.2) is 59.8 Å². The van der Waals surface area contributed by atoms with Gasteiger partial charge < -0.3 is 9.84 Å². The molecule has 158 valence electrons. The number of anilines is 2. The van der Waals surface area contributed by atoms with Crippen LogP contribution in [0.5, 0.6) is 0 Å². The number of rotatable bonds is 2. The second-order valence-electron chi connectivity index (χ2n) is 6.95. The van der Waals surface area contributed by atoms with Gasteiger partial charge in [-0.1, -0.05) is 29.1 Å². The lowest BCUT2D eigenvalue weighted by Gasteiger charge is -2.09. The van der Waals surface area contributed by atoms with Crippen LogP contribution in [-0.2, 0) is 6.18 Å². The molecule has 3 heterocycles. The quantitative estimate of drug-likeness (QED) is 0.405. The first-order chi connectivity index (χ1) is 15.4. The molecule has 0 saturated carbocycles. The number of aromatic nitrogens is 5. The summed E-state index contributed by atoms with van der Waals surface area (Å²) >= 11 is 0. The smallest absolute Gasteiger partial charge is 0.353 e. The van der Waals surface area contributed by atoms with Gasteiger partial charge in [0.05, 0.1) is 28.3 Å². The summed E-state index contributed by atoms with van der Waals surface area (Å²) < 4.78 is 46.0. The summed E-state index contributed by atoms with van der Waals surface area (Å²) in [5.41, 5.74) is 2.58. The third kappa shape index (κ3) is 3.50. The minimum absolute atomic E-state index is 0.245. The first-order valence-corrected chi connectivity index (χ1v) is 9.39. The van der Waals surface area contributed by atoms with Crippen LogP contribution in [0.3, 0.4) is 0 Å². The van der Waals surface area contributed by atoms with E-state index in [-0.39, 0.29) is 5.69 Å². The molecule has 5 aromatic rings. The van der Waals surface area contributed by atoms with Crippen molar-refractivity contribution in [3.63, 3.8) is 0 Å². The highest BCUT2D eigenvalue weighted by Crippen LogP contribution is 2.33. The fraction of sp³-hybridized carbons (Fsp3) is 0.0909. The highest BCUT2D eigenvalue weighted by atomic mass is 19.4. The number of nitrogens with zero attached hydrogens (tertiary/aromatic N) is 5. The predicted octanol–water partition coefficient (Wildman–Crippen LogP) is 4.74. The SMILES string of the molecule is Cc1ccc2c(Nc3cccc(C(F)(F)F)c3)noc2c1C#Cc1cnn2cncnc12. The zero-order valence-corrected chi connectivity index (χ0v) is 16.5. The van der Waals surface area contributed by atoms with Gasteiger partial charge in [-0.3, -0.25) is 0 Å². The fourth-order valence-electron chi connectivity index (χ4n) is 3.23. The van der Waals surface area contributed by atoms with Gasteiger partial charge in [-0.25, -0.2) is 14.5 Å². The van der Waals surface area contributed by atoms with Crippen molar-refractivity contribution in [1.82, 2.24) is 24.7 Å². The highest BCUT2D eigenvalue weighted by Gasteiger charge is 2.30. The monoisotopic (exact) mass is 434 g/mol. The van der Waals surface area contributed by atoms with E-state index in [1.165, 1.54) is 29.3 Å². The van der Waals surface area contributed by atoms with Crippen LogP contribution in [-0.4, -0.2) is 24.7 Å². The lowest BCUT2D eigenvalue weighted by Crippen LogP contribution is -2.05. The van der Waals surface area contributed by atoms with Crippen molar-refractivity contribution in [2.45, 2.75) is 13.1 Å². The number of nitrogens with one attached hydrogen (secondary N) is 1. The Kier molecular flexibility index (Phi) is 4.52. The summed E-state index contributed by atoms with van der Waals surface area (Å²) in [6.45, 7) is 1.88. The van der Waals surface area contributed by atoms with Crippen LogP contribution in [0.25, 0.3) is 16.6 Å². The third-order valence-electron chi connectivity index (χ3n) is 4.82. The molecule has 1 N–H and O–H groups in total. The number of hydrogen-bond donors (Lipinski definition) is 1. The molecule has 0 bridgehead atoms. The van der Waals surface area contributed by atoms with Crippen molar-refractivity contribution in [3.05, 3.63) is 77.5 Å². The molecule has 0 atom stereocenters. The molecule has 10 heteroatoms. The molecule has 0 amide bonds. The van der Waals surface area contributed by atoms with Gasteiger partial charge in [0.2, 0.25) is 0 Å². The Morgan fingerprint density at radius 2 is 2.00 bits per heavy atom. The van der Waals surface area contributed by atoms with Crippen LogP contribution in [0, 0.1) is 18.8 Å². The van der Waals surface area contributed by atoms with Crippen molar-refractivity contribution in [3.8, 4) is 11.8 Å². The maximum atomic E-state index is 13.0. The Bertz CT molecular complexity index is 1520. The standard InChI is InChI=1S/C22H13F3N6O/c1-13-5-7-18-19(17(13)8-6-14-10-28-31-12-26-11-27-21(14)31)32-30-20(18)29-16-4-2-3-15(9-16)22(23,24)25/h2-5,7,9-12H,1H3,(H,29,30). The summed E-state index contributed by atoms with van der Waals surface area (Å²) in [5.74, 6) is 6.42. The molecule has 3 aromatic heterocycles. The molecule has 0 radical (unpaired) electrons. The molecule has 0 aliphatic rings. The van der Waals surface area contributed by atoms with Gasteiger partial charge in [0.1, 0.15) is 12.7 Å². The molecule has 0 unspecified atom stereocenters. The molecule has 0 saturated heterocycles. The minimum atomic E-state index is -4.44. The topological polar surface area (TPSA) is 81.1 Å². The largest absolute Gasteiger partial charge is 0.416 e. The first kappa shape index (κ1) is 19.6. The molecular weight excluding hydrogens is 421 g/mol. The lowest BCUT2D eigenvalue weighted by molar-refractivity contribution is -0.137. The van der Waals surface area contributed by atoms with Gasteiger partial charge in [-0.05, 0) is 36.8 Å². The normalized spacial score (nSPS) is 11.5. The van der Waals surface area contributed by atoms with Crippen molar-refractivity contribution < 1.29 is 17.7 Å². The summed E-state index contributed by atoms with van der Waals surface area (Å²) in [6.07, 6.45) is 0.0952. The van der Waals surface area contributed by atoms with E-state index in [0.29, 0.717) is 33.6 Å². The number of hydrogen-bond acceptors (Lipinski definition) is 6. The maximum absolute atomic E-state index is 13.0. The molecule has 5 rings (SSSR count). The molecule has 0 aliphatic carbocycles. The number of fused-ring (bicyclic) bond motifs is 2. The first-order valence-electron chi connectivity index (χ1n) is 9.39. The predicted molar refractivity (Wildman–Crippen MR) is 110 cm³/mol. The Morgan fingerprint density at radius 3 is 2.84 bits per heavy atom. The second-order valence-corrected chi connectivity index (χ2v) is 6.95. The van der Waals surface area contributed by atoms with Crippen LogP contribution >= 0.6 is 0 Å². The lowest BCUT2D eigenvalue weighted by atomic mass is 10.1. The van der Waals surface area contributed by atoms with Crippen molar-refractivity contribution in [1.29, 1.82) is 0 Å². The summed E-state index contributed by atoms with van der Waals surface area (Å²) in [5, 5.41) is 11.7. The second kappa shape index (κ2) is 7.39. The van der Waals surface area contributed by atoms with Crippen LogP contribution < -0.4 is 5.32 Å². The van der Waals surface area contributed by atoms with Gasteiger partial charge >= 0.3 is 6.18 Å². The Hall–Kier alpha value is -4.39. The number of aryl methyl sites for hydroxylation is 1. The average molecular weight is 434 g/mol. The van der Waals surface area contributed by atoms with Gasteiger partial charge in [0.25, 0.3) is 0 Å². The number of alkyl halides is 3. The van der Waals surface area contributed by atoms with Gasteiger partial charge in [0, 0.05) is 5.69 Å². The minimum Gasteiger partial charge on any atom is -0.353 e. The summed E-state index contributed by atoms with van der Waals surface area (Å²) in [4.78, 5) is 8.08. The third-order valence-corrected chi connectivity index (χ3v) is 4.82. The number of benzene rings is 2. The zero-order valence-electron chi connectivity index (χ0n) is 16.5. The average Bonchev–Trinajstić information content (AvgIpc) is 3.37. The zero-order chi connectivity index (χ0) is 22.3. The number of halogens is 3. The van der Waals surface area contributed by atoms with Crippen molar-refractivity contribution >= 4 is 28.1 Å². The Labute approximate surface area is 178 Å². The summed E-state index contributed by atoms with van der Waals surface area (Å²) in [6, 6.07) is 8.51. The molecule has 32 heavy (non-hydrogen) atoms. The molecule has 2 aromatic carbocycles. The molecule has 0 fully saturated rings.